The fourth-order valence-electron chi connectivity index (χ4n) is 2.88. The van der Waals surface area contributed by atoms with E-state index in [2.05, 4.69) is 16.1 Å². The van der Waals surface area contributed by atoms with Crippen molar-refractivity contribution in [3.63, 3.8) is 0 Å². The van der Waals surface area contributed by atoms with Crippen LogP contribution in [0.5, 0.6) is 23.1 Å². The third-order valence-electron chi connectivity index (χ3n) is 4.42. The van der Waals surface area contributed by atoms with E-state index in [9.17, 15) is 0 Å². The molecule has 0 saturated carbocycles. The number of rotatable bonds is 9. The summed E-state index contributed by atoms with van der Waals surface area (Å²) in [5.41, 5.74) is 2.16. The molecule has 0 aliphatic rings. The zero-order valence-electron chi connectivity index (χ0n) is 17.2. The molecular weight excluding hydrogens is 382 g/mol. The lowest BCUT2D eigenvalue weighted by atomic mass is 10.1. The van der Waals surface area contributed by atoms with Crippen LogP contribution in [0.1, 0.15) is 11.1 Å². The minimum Gasteiger partial charge on any atom is -0.497 e. The van der Waals surface area contributed by atoms with Gasteiger partial charge in [0.05, 0.1) is 27.5 Å². The standard InChI is InChI=1S/C23H23N3O4/c1-5-30-21-14-24-23(25-22(21)29-4)26(15-17-6-10-19(27-2)11-7-17)16-18-8-12-20(28-3)13-9-18/h1,6-14H,15-16H2,2-4H3. The molecule has 3 rings (SSSR count). The van der Waals surface area contributed by atoms with Crippen LogP contribution in [0.15, 0.2) is 54.7 Å². The summed E-state index contributed by atoms with van der Waals surface area (Å²) in [5, 5.41) is 0. The molecule has 0 spiro atoms. The SMILES string of the molecule is C#COc1cnc(N(Cc2ccc(OC)cc2)Cc2ccc(OC)cc2)nc1OC. The Labute approximate surface area is 176 Å². The summed E-state index contributed by atoms with van der Waals surface area (Å²) < 4.78 is 20.9. The molecule has 0 atom stereocenters. The quantitative estimate of drug-likeness (QED) is 0.503. The maximum absolute atomic E-state index is 5.32. The van der Waals surface area contributed by atoms with Crippen molar-refractivity contribution >= 4 is 5.95 Å². The fraction of sp³-hybridized carbons (Fsp3) is 0.217. The monoisotopic (exact) mass is 405 g/mol. The maximum atomic E-state index is 5.32. The molecule has 7 nitrogen and oxygen atoms in total. The molecule has 1 aromatic heterocycles. The molecule has 0 unspecified atom stereocenters. The van der Waals surface area contributed by atoms with Crippen LogP contribution >= 0.6 is 0 Å². The van der Waals surface area contributed by atoms with E-state index in [0.29, 0.717) is 19.0 Å². The van der Waals surface area contributed by atoms with E-state index in [-0.39, 0.29) is 11.6 Å². The molecule has 2 aromatic carbocycles. The Bertz CT molecular complexity index is 949. The van der Waals surface area contributed by atoms with E-state index < -0.39 is 0 Å². The Hall–Kier alpha value is -3.92. The lowest BCUT2D eigenvalue weighted by molar-refractivity contribution is 0.368. The molecule has 30 heavy (non-hydrogen) atoms. The molecule has 0 radical (unpaired) electrons. The third kappa shape index (κ3) is 5.11. The fourth-order valence-corrected chi connectivity index (χ4v) is 2.88. The van der Waals surface area contributed by atoms with Crippen LogP contribution in [-0.4, -0.2) is 31.3 Å². The van der Waals surface area contributed by atoms with Gasteiger partial charge in [-0.2, -0.15) is 4.98 Å². The van der Waals surface area contributed by atoms with Gasteiger partial charge in [-0.25, -0.2) is 4.98 Å². The van der Waals surface area contributed by atoms with Crippen molar-refractivity contribution in [3.05, 3.63) is 65.9 Å². The zero-order valence-corrected chi connectivity index (χ0v) is 17.2. The topological polar surface area (TPSA) is 65.9 Å². The van der Waals surface area contributed by atoms with Crippen LogP contribution in [0, 0.1) is 12.5 Å². The molecule has 0 amide bonds. The molecule has 0 bridgehead atoms. The highest BCUT2D eigenvalue weighted by Gasteiger charge is 2.16. The van der Waals surface area contributed by atoms with Gasteiger partial charge in [0.15, 0.2) is 0 Å². The number of methoxy groups -OCH3 is 3. The number of ether oxygens (including phenoxy) is 4. The van der Waals surface area contributed by atoms with Crippen LogP contribution in [0.25, 0.3) is 0 Å². The van der Waals surface area contributed by atoms with E-state index in [4.69, 9.17) is 25.4 Å². The highest BCUT2D eigenvalue weighted by atomic mass is 16.5. The summed E-state index contributed by atoms with van der Waals surface area (Å²) in [5.74, 6) is 2.65. The van der Waals surface area contributed by atoms with Gasteiger partial charge in [-0.15, -0.1) is 0 Å². The Morgan fingerprint density at radius 1 is 0.833 bits per heavy atom. The van der Waals surface area contributed by atoms with Crippen LogP contribution < -0.4 is 23.8 Å². The first-order chi connectivity index (χ1) is 14.7. The Morgan fingerprint density at radius 2 is 1.37 bits per heavy atom. The van der Waals surface area contributed by atoms with Gasteiger partial charge in [-0.1, -0.05) is 30.7 Å². The van der Waals surface area contributed by atoms with E-state index in [1.54, 1.807) is 14.2 Å². The molecular formula is C23H23N3O4. The highest BCUT2D eigenvalue weighted by Crippen LogP contribution is 2.27. The number of aromatic nitrogens is 2. The van der Waals surface area contributed by atoms with Crippen molar-refractivity contribution in [1.82, 2.24) is 9.97 Å². The first kappa shape index (κ1) is 20.8. The third-order valence-corrected chi connectivity index (χ3v) is 4.42. The molecule has 0 aliphatic carbocycles. The second kappa shape index (κ2) is 10.0. The largest absolute Gasteiger partial charge is 0.497 e. The van der Waals surface area contributed by atoms with Gasteiger partial charge in [-0.05, 0) is 35.4 Å². The summed E-state index contributed by atoms with van der Waals surface area (Å²) in [6.07, 6.45) is 8.84. The smallest absolute Gasteiger partial charge is 0.263 e. The lowest BCUT2D eigenvalue weighted by Gasteiger charge is -2.23. The molecule has 1 heterocycles. The average Bonchev–Trinajstić information content (AvgIpc) is 2.80. The summed E-state index contributed by atoms with van der Waals surface area (Å²) in [6.45, 7) is 1.16. The normalized spacial score (nSPS) is 10.1. The lowest BCUT2D eigenvalue weighted by Crippen LogP contribution is -2.24. The maximum Gasteiger partial charge on any atom is 0.263 e. The van der Waals surface area contributed by atoms with Crippen LogP contribution in [0.2, 0.25) is 0 Å². The Balaban J connectivity index is 1.91. The number of benzene rings is 2. The second-order valence-electron chi connectivity index (χ2n) is 6.32. The van der Waals surface area contributed by atoms with Crippen LogP contribution in [0.4, 0.5) is 5.95 Å². The molecule has 0 fully saturated rings. The predicted molar refractivity (Wildman–Crippen MR) is 114 cm³/mol. The molecule has 0 aliphatic heterocycles. The second-order valence-corrected chi connectivity index (χ2v) is 6.32. The summed E-state index contributed by atoms with van der Waals surface area (Å²) in [4.78, 5) is 11.0. The minimum absolute atomic E-state index is 0.271. The van der Waals surface area contributed by atoms with Crippen molar-refractivity contribution in [2.24, 2.45) is 0 Å². The summed E-state index contributed by atoms with van der Waals surface area (Å²) in [7, 11) is 4.79. The predicted octanol–water partition coefficient (Wildman–Crippen LogP) is 3.68. The molecule has 3 aromatic rings. The molecule has 7 heteroatoms. The average molecular weight is 405 g/mol. The number of terminal acetylenes is 1. The van der Waals surface area contributed by atoms with Gasteiger partial charge < -0.3 is 23.8 Å². The van der Waals surface area contributed by atoms with Crippen molar-refractivity contribution in [3.8, 4) is 35.7 Å². The van der Waals surface area contributed by atoms with E-state index in [1.807, 2.05) is 53.4 Å². The van der Waals surface area contributed by atoms with Gasteiger partial charge in [0.2, 0.25) is 11.7 Å². The molecule has 0 saturated heterocycles. The summed E-state index contributed by atoms with van der Waals surface area (Å²) >= 11 is 0. The van der Waals surface area contributed by atoms with E-state index >= 15 is 0 Å². The van der Waals surface area contributed by atoms with Gasteiger partial charge in [0.1, 0.15) is 17.6 Å². The Morgan fingerprint density at radius 3 is 1.80 bits per heavy atom. The van der Waals surface area contributed by atoms with Crippen LogP contribution in [0.3, 0.4) is 0 Å². The molecule has 154 valence electrons. The van der Waals surface area contributed by atoms with Crippen LogP contribution in [-0.2, 0) is 13.1 Å². The van der Waals surface area contributed by atoms with Crippen molar-refractivity contribution in [1.29, 1.82) is 0 Å². The van der Waals surface area contributed by atoms with Crippen molar-refractivity contribution in [2.45, 2.75) is 13.1 Å². The van der Waals surface area contributed by atoms with Gasteiger partial charge >= 0.3 is 0 Å². The number of nitrogens with zero attached hydrogens (tertiary/aromatic N) is 3. The first-order valence-electron chi connectivity index (χ1n) is 9.21. The first-order valence-corrected chi connectivity index (χ1v) is 9.21. The zero-order chi connectivity index (χ0) is 21.3. The van der Waals surface area contributed by atoms with Gasteiger partial charge in [0.25, 0.3) is 5.88 Å². The van der Waals surface area contributed by atoms with Gasteiger partial charge in [0, 0.05) is 13.1 Å². The summed E-state index contributed by atoms with van der Waals surface area (Å²) in [6, 6.07) is 15.7. The van der Waals surface area contributed by atoms with Crippen molar-refractivity contribution in [2.75, 3.05) is 26.2 Å². The number of anilines is 1. The Kier molecular flexibility index (Phi) is 6.95. The molecule has 0 N–H and O–H groups in total. The van der Waals surface area contributed by atoms with E-state index in [1.165, 1.54) is 13.3 Å². The highest BCUT2D eigenvalue weighted by molar-refractivity contribution is 5.42. The number of hydrogen-bond donors (Lipinski definition) is 0. The minimum atomic E-state index is 0.271. The van der Waals surface area contributed by atoms with E-state index in [0.717, 1.165) is 22.6 Å². The number of hydrogen-bond acceptors (Lipinski definition) is 7. The van der Waals surface area contributed by atoms with Gasteiger partial charge in [-0.3, -0.25) is 0 Å². The van der Waals surface area contributed by atoms with Crippen molar-refractivity contribution < 1.29 is 18.9 Å².